The summed E-state index contributed by atoms with van der Waals surface area (Å²) >= 11 is 1.60. The molecule has 0 aliphatic heterocycles. The molecule has 3 heterocycles. The van der Waals surface area contributed by atoms with Gasteiger partial charge in [0.2, 0.25) is 5.91 Å². The normalized spacial score (nSPS) is 11.7. The second-order valence-corrected chi connectivity index (χ2v) is 7.23. The van der Waals surface area contributed by atoms with Gasteiger partial charge in [0, 0.05) is 35.8 Å². The molecular weight excluding hydrogens is 330 g/mol. The third kappa shape index (κ3) is 2.13. The number of carbonyl (C=O) groups excluding carboxylic acids is 1. The molecule has 0 saturated carbocycles. The standard InChI is InChI=1S/C20H15N3OS/c1-12(24)23-17-9-5-3-7-15(17)19-20(23)25-18(22-19)10-13-11-21-16-8-4-2-6-14(13)16/h2-9,11,21H,10H2,1H3. The van der Waals surface area contributed by atoms with Crippen molar-refractivity contribution in [2.45, 2.75) is 13.3 Å². The molecule has 0 spiro atoms. The number of fused-ring (bicyclic) bond motifs is 4. The SMILES string of the molecule is CC(=O)n1c2ccccc2c2nc(Cc3c[nH]c4ccccc34)sc21. The molecule has 5 heteroatoms. The summed E-state index contributed by atoms with van der Waals surface area (Å²) in [6.45, 7) is 1.60. The summed E-state index contributed by atoms with van der Waals surface area (Å²) in [6.07, 6.45) is 2.81. The Kier molecular flexibility index (Phi) is 3.05. The van der Waals surface area contributed by atoms with Crippen molar-refractivity contribution in [3.05, 3.63) is 65.3 Å². The molecule has 0 saturated heterocycles. The third-order valence-corrected chi connectivity index (χ3v) is 5.63. The topological polar surface area (TPSA) is 50.7 Å². The molecule has 3 aromatic heterocycles. The third-order valence-electron chi connectivity index (χ3n) is 4.59. The van der Waals surface area contributed by atoms with Crippen molar-refractivity contribution in [1.29, 1.82) is 0 Å². The zero-order valence-electron chi connectivity index (χ0n) is 13.6. The highest BCUT2D eigenvalue weighted by molar-refractivity contribution is 7.18. The van der Waals surface area contributed by atoms with Crippen LogP contribution in [0.1, 0.15) is 22.3 Å². The highest BCUT2D eigenvalue weighted by Crippen LogP contribution is 2.34. The van der Waals surface area contributed by atoms with E-state index in [1.165, 1.54) is 10.9 Å². The Bertz CT molecular complexity index is 1260. The number of nitrogens with one attached hydrogen (secondary N) is 1. The Morgan fingerprint density at radius 3 is 2.72 bits per heavy atom. The van der Waals surface area contributed by atoms with Crippen molar-refractivity contribution >= 4 is 49.4 Å². The number of aromatic amines is 1. The molecule has 0 amide bonds. The molecule has 0 unspecified atom stereocenters. The molecule has 0 aliphatic rings. The number of para-hydroxylation sites is 2. The van der Waals surface area contributed by atoms with E-state index >= 15 is 0 Å². The van der Waals surface area contributed by atoms with Crippen LogP contribution >= 0.6 is 11.3 Å². The van der Waals surface area contributed by atoms with Crippen LogP contribution in [-0.4, -0.2) is 20.4 Å². The molecule has 5 aromatic rings. The molecule has 1 N–H and O–H groups in total. The van der Waals surface area contributed by atoms with E-state index in [9.17, 15) is 4.79 Å². The van der Waals surface area contributed by atoms with Gasteiger partial charge >= 0.3 is 0 Å². The number of H-pyrrole nitrogens is 1. The number of carbonyl (C=O) groups is 1. The van der Waals surface area contributed by atoms with Gasteiger partial charge in [-0.25, -0.2) is 4.98 Å². The van der Waals surface area contributed by atoms with Crippen LogP contribution in [0.5, 0.6) is 0 Å². The smallest absolute Gasteiger partial charge is 0.229 e. The fourth-order valence-electron chi connectivity index (χ4n) is 3.49. The quantitative estimate of drug-likeness (QED) is 0.490. The Hall–Kier alpha value is -2.92. The summed E-state index contributed by atoms with van der Waals surface area (Å²) in [5.74, 6) is 0.0218. The minimum absolute atomic E-state index is 0.0218. The first kappa shape index (κ1) is 14.4. The van der Waals surface area contributed by atoms with E-state index in [-0.39, 0.29) is 5.91 Å². The number of nitrogens with zero attached hydrogens (tertiary/aromatic N) is 2. The van der Waals surface area contributed by atoms with Crippen molar-refractivity contribution in [2.24, 2.45) is 0 Å². The van der Waals surface area contributed by atoms with Crippen LogP contribution in [0.4, 0.5) is 0 Å². The molecular formula is C20H15N3OS. The summed E-state index contributed by atoms with van der Waals surface area (Å²) in [7, 11) is 0. The Morgan fingerprint density at radius 2 is 1.88 bits per heavy atom. The van der Waals surface area contributed by atoms with E-state index in [0.29, 0.717) is 0 Å². The van der Waals surface area contributed by atoms with Crippen molar-refractivity contribution in [2.75, 3.05) is 0 Å². The van der Waals surface area contributed by atoms with Gasteiger partial charge in [-0.3, -0.25) is 9.36 Å². The zero-order valence-corrected chi connectivity index (χ0v) is 14.4. The molecule has 0 radical (unpaired) electrons. The van der Waals surface area contributed by atoms with Gasteiger partial charge in [0.25, 0.3) is 0 Å². The summed E-state index contributed by atoms with van der Waals surface area (Å²) in [5.41, 5.74) is 4.22. The number of benzene rings is 2. The van der Waals surface area contributed by atoms with E-state index < -0.39 is 0 Å². The van der Waals surface area contributed by atoms with Crippen LogP contribution in [0, 0.1) is 0 Å². The lowest BCUT2D eigenvalue weighted by atomic mass is 10.1. The van der Waals surface area contributed by atoms with E-state index in [2.05, 4.69) is 23.2 Å². The average Bonchev–Trinajstić information content (AvgIpc) is 3.27. The predicted octanol–water partition coefficient (Wildman–Crippen LogP) is 4.98. The Balaban J connectivity index is 1.68. The Morgan fingerprint density at radius 1 is 1.12 bits per heavy atom. The summed E-state index contributed by atoms with van der Waals surface area (Å²) in [4.78, 5) is 21.3. The molecule has 0 atom stereocenters. The van der Waals surface area contributed by atoms with Crippen molar-refractivity contribution in [1.82, 2.24) is 14.5 Å². The highest BCUT2D eigenvalue weighted by atomic mass is 32.1. The minimum atomic E-state index is 0.0218. The fraction of sp³-hybridized carbons (Fsp3) is 0.100. The van der Waals surface area contributed by atoms with Crippen molar-refractivity contribution < 1.29 is 4.79 Å². The first-order valence-corrected chi connectivity index (χ1v) is 8.99. The summed E-state index contributed by atoms with van der Waals surface area (Å²) in [6, 6.07) is 16.2. The lowest BCUT2D eigenvalue weighted by Crippen LogP contribution is -2.03. The van der Waals surface area contributed by atoms with Gasteiger partial charge in [-0.2, -0.15) is 0 Å². The second-order valence-electron chi connectivity index (χ2n) is 6.17. The zero-order chi connectivity index (χ0) is 17.0. The van der Waals surface area contributed by atoms with E-state index in [1.807, 2.05) is 36.5 Å². The van der Waals surface area contributed by atoms with E-state index in [4.69, 9.17) is 4.98 Å². The fourth-order valence-corrected chi connectivity index (χ4v) is 4.65. The van der Waals surface area contributed by atoms with Crippen LogP contribution in [0.2, 0.25) is 0 Å². The number of hydrogen-bond donors (Lipinski definition) is 1. The number of thiazole rings is 1. The molecule has 122 valence electrons. The van der Waals surface area contributed by atoms with E-state index in [1.54, 1.807) is 22.8 Å². The summed E-state index contributed by atoms with van der Waals surface area (Å²) in [5, 5.41) is 3.28. The first-order valence-electron chi connectivity index (χ1n) is 8.17. The predicted molar refractivity (Wildman–Crippen MR) is 103 cm³/mol. The second kappa shape index (κ2) is 5.29. The van der Waals surface area contributed by atoms with Crippen molar-refractivity contribution in [3.8, 4) is 0 Å². The van der Waals surface area contributed by atoms with Crippen molar-refractivity contribution in [3.63, 3.8) is 0 Å². The van der Waals surface area contributed by atoms with Gasteiger partial charge < -0.3 is 4.98 Å². The van der Waals surface area contributed by atoms with E-state index in [0.717, 1.165) is 38.2 Å². The average molecular weight is 345 g/mol. The van der Waals surface area contributed by atoms with Gasteiger partial charge in [0.15, 0.2) is 0 Å². The van der Waals surface area contributed by atoms with Crippen LogP contribution in [0.15, 0.2) is 54.7 Å². The van der Waals surface area contributed by atoms with Crippen LogP contribution in [0.3, 0.4) is 0 Å². The number of aromatic nitrogens is 3. The molecule has 2 aromatic carbocycles. The lowest BCUT2D eigenvalue weighted by molar-refractivity contribution is 0.0947. The molecule has 0 fully saturated rings. The maximum absolute atomic E-state index is 12.2. The Labute approximate surface area is 147 Å². The van der Waals surface area contributed by atoms with Crippen LogP contribution in [-0.2, 0) is 6.42 Å². The molecule has 4 nitrogen and oxygen atoms in total. The van der Waals surface area contributed by atoms with Gasteiger partial charge in [-0.05, 0) is 17.7 Å². The van der Waals surface area contributed by atoms with Gasteiger partial charge in [-0.15, -0.1) is 0 Å². The molecule has 5 rings (SSSR count). The molecule has 25 heavy (non-hydrogen) atoms. The molecule has 0 aliphatic carbocycles. The minimum Gasteiger partial charge on any atom is -0.361 e. The summed E-state index contributed by atoms with van der Waals surface area (Å²) < 4.78 is 1.78. The monoisotopic (exact) mass is 345 g/mol. The largest absolute Gasteiger partial charge is 0.361 e. The van der Waals surface area contributed by atoms with Crippen LogP contribution in [0.25, 0.3) is 32.2 Å². The maximum atomic E-state index is 12.2. The maximum Gasteiger partial charge on any atom is 0.229 e. The number of rotatable bonds is 2. The van der Waals surface area contributed by atoms with Crippen LogP contribution < -0.4 is 0 Å². The first-order chi connectivity index (χ1) is 12.2. The lowest BCUT2D eigenvalue weighted by Gasteiger charge is -2.00. The molecule has 0 bridgehead atoms. The van der Waals surface area contributed by atoms with Gasteiger partial charge in [-0.1, -0.05) is 47.7 Å². The number of hydrogen-bond acceptors (Lipinski definition) is 3. The van der Waals surface area contributed by atoms with Gasteiger partial charge in [0.1, 0.15) is 10.3 Å². The van der Waals surface area contributed by atoms with Gasteiger partial charge in [0.05, 0.1) is 10.5 Å². The highest BCUT2D eigenvalue weighted by Gasteiger charge is 2.18.